The highest BCUT2D eigenvalue weighted by molar-refractivity contribution is 5.15. The number of rotatable bonds is 5. The third kappa shape index (κ3) is 3.09. The van der Waals surface area contributed by atoms with Gasteiger partial charge in [-0.1, -0.05) is 59.1 Å². The molecule has 0 heteroatoms. The van der Waals surface area contributed by atoms with Crippen molar-refractivity contribution in [3.05, 3.63) is 12.2 Å². The highest BCUT2D eigenvalue weighted by atomic mass is 14.5. The van der Waals surface area contributed by atoms with Gasteiger partial charge in [0.1, 0.15) is 0 Å². The van der Waals surface area contributed by atoms with E-state index in [4.69, 9.17) is 0 Å². The molecule has 0 aromatic carbocycles. The monoisotopic (exact) mass is 262 g/mol. The summed E-state index contributed by atoms with van der Waals surface area (Å²) in [6.07, 6.45) is 11.3. The maximum absolute atomic E-state index is 4.38. The minimum absolute atomic E-state index is 0.590. The van der Waals surface area contributed by atoms with Crippen molar-refractivity contribution in [2.24, 2.45) is 29.1 Å². The summed E-state index contributed by atoms with van der Waals surface area (Å²) in [4.78, 5) is 0. The Kier molecular flexibility index (Phi) is 4.79. The second-order valence-electron chi connectivity index (χ2n) is 8.06. The van der Waals surface area contributed by atoms with Gasteiger partial charge in [-0.15, -0.1) is 0 Å². The van der Waals surface area contributed by atoms with Crippen molar-refractivity contribution in [2.75, 3.05) is 0 Å². The Morgan fingerprint density at radius 1 is 1.21 bits per heavy atom. The van der Waals surface area contributed by atoms with E-state index in [2.05, 4.69) is 34.3 Å². The summed E-state index contributed by atoms with van der Waals surface area (Å²) >= 11 is 0. The first kappa shape index (κ1) is 15.1. The highest BCUT2D eigenvalue weighted by Crippen LogP contribution is 2.59. The zero-order valence-corrected chi connectivity index (χ0v) is 13.7. The quantitative estimate of drug-likeness (QED) is 0.516. The van der Waals surface area contributed by atoms with Crippen molar-refractivity contribution in [3.8, 4) is 0 Å². The molecule has 19 heavy (non-hydrogen) atoms. The van der Waals surface area contributed by atoms with Gasteiger partial charge in [-0.05, 0) is 61.2 Å². The number of hydrogen-bond acceptors (Lipinski definition) is 0. The van der Waals surface area contributed by atoms with E-state index in [9.17, 15) is 0 Å². The van der Waals surface area contributed by atoms with E-state index in [0.29, 0.717) is 5.41 Å². The van der Waals surface area contributed by atoms with Crippen LogP contribution in [0.3, 0.4) is 0 Å². The van der Waals surface area contributed by atoms with Crippen LogP contribution in [0.25, 0.3) is 0 Å². The van der Waals surface area contributed by atoms with Crippen molar-refractivity contribution in [2.45, 2.75) is 79.1 Å². The summed E-state index contributed by atoms with van der Waals surface area (Å²) < 4.78 is 0. The molecule has 0 bridgehead atoms. The van der Waals surface area contributed by atoms with Crippen LogP contribution in [0.5, 0.6) is 0 Å². The van der Waals surface area contributed by atoms with Gasteiger partial charge in [0, 0.05) is 0 Å². The molecule has 110 valence electrons. The molecule has 0 amide bonds. The minimum Gasteiger partial charge on any atom is -0.0996 e. The third-order valence-corrected chi connectivity index (χ3v) is 6.24. The van der Waals surface area contributed by atoms with Gasteiger partial charge < -0.3 is 0 Å². The van der Waals surface area contributed by atoms with Gasteiger partial charge in [0.15, 0.2) is 0 Å². The highest BCUT2D eigenvalue weighted by Gasteiger charge is 2.49. The van der Waals surface area contributed by atoms with Crippen LogP contribution in [-0.4, -0.2) is 0 Å². The van der Waals surface area contributed by atoms with Crippen LogP contribution in [0.1, 0.15) is 79.1 Å². The van der Waals surface area contributed by atoms with Gasteiger partial charge in [0.05, 0.1) is 0 Å². The smallest absolute Gasteiger partial charge is 0.0149 e. The molecule has 4 atom stereocenters. The molecule has 0 nitrogen and oxygen atoms in total. The fourth-order valence-electron chi connectivity index (χ4n) is 5.15. The Balaban J connectivity index is 1.95. The molecule has 0 aliphatic heterocycles. The fraction of sp³-hybridized carbons (Fsp3) is 0.895. The topological polar surface area (TPSA) is 0 Å². The van der Waals surface area contributed by atoms with Crippen LogP contribution in [0, 0.1) is 29.1 Å². The summed E-state index contributed by atoms with van der Waals surface area (Å²) in [6.45, 7) is 14.2. The van der Waals surface area contributed by atoms with Gasteiger partial charge in [-0.2, -0.15) is 0 Å². The maximum Gasteiger partial charge on any atom is -0.0149 e. The molecule has 2 rings (SSSR count). The molecular formula is C19H34. The summed E-state index contributed by atoms with van der Waals surface area (Å²) in [6, 6.07) is 0. The molecule has 2 aliphatic carbocycles. The van der Waals surface area contributed by atoms with E-state index >= 15 is 0 Å². The first-order valence-electron chi connectivity index (χ1n) is 8.63. The van der Waals surface area contributed by atoms with E-state index in [1.165, 1.54) is 51.4 Å². The molecule has 0 spiro atoms. The van der Waals surface area contributed by atoms with Gasteiger partial charge in [0.2, 0.25) is 0 Å². The second-order valence-corrected chi connectivity index (χ2v) is 8.06. The normalized spacial score (nSPS) is 36.6. The molecule has 2 fully saturated rings. The number of allylic oxidation sites excluding steroid dienone is 1. The molecule has 0 aromatic heterocycles. The molecule has 0 N–H and O–H groups in total. The summed E-state index contributed by atoms with van der Waals surface area (Å²) in [7, 11) is 0. The summed E-state index contributed by atoms with van der Waals surface area (Å²) in [5.41, 5.74) is 2.16. The zero-order valence-electron chi connectivity index (χ0n) is 13.7. The molecule has 0 radical (unpaired) electrons. The number of hydrogen-bond donors (Lipinski definition) is 0. The second kappa shape index (κ2) is 6.02. The van der Waals surface area contributed by atoms with Crippen LogP contribution < -0.4 is 0 Å². The van der Waals surface area contributed by atoms with E-state index in [1.54, 1.807) is 5.57 Å². The predicted molar refractivity (Wildman–Crippen MR) is 85.2 cm³/mol. The average Bonchev–Trinajstić information content (AvgIpc) is 2.67. The molecule has 2 saturated carbocycles. The average molecular weight is 262 g/mol. The standard InChI is InChI=1S/C19H34/c1-14(2)8-6-9-15(3)17-11-12-18-16(4)10-7-13-19(17,18)5/h14-15,17-18H,4,6-13H2,1-3,5H3/t15-,17?,18+,19-/m1/s1. The molecule has 0 saturated heterocycles. The zero-order chi connectivity index (χ0) is 14.0. The van der Waals surface area contributed by atoms with Crippen LogP contribution in [0.4, 0.5) is 0 Å². The van der Waals surface area contributed by atoms with Crippen LogP contribution in [0.15, 0.2) is 12.2 Å². The van der Waals surface area contributed by atoms with Crippen molar-refractivity contribution >= 4 is 0 Å². The Morgan fingerprint density at radius 2 is 1.95 bits per heavy atom. The molecule has 0 heterocycles. The van der Waals surface area contributed by atoms with E-state index in [-0.39, 0.29) is 0 Å². The fourth-order valence-corrected chi connectivity index (χ4v) is 5.15. The Morgan fingerprint density at radius 3 is 2.63 bits per heavy atom. The maximum atomic E-state index is 4.38. The van der Waals surface area contributed by atoms with Crippen molar-refractivity contribution in [1.82, 2.24) is 0 Å². The molecular weight excluding hydrogens is 228 g/mol. The van der Waals surface area contributed by atoms with Crippen LogP contribution in [0.2, 0.25) is 0 Å². The largest absolute Gasteiger partial charge is 0.0996 e. The lowest BCUT2D eigenvalue weighted by Gasteiger charge is -2.44. The Bertz CT molecular complexity index is 314. The first-order valence-corrected chi connectivity index (χ1v) is 8.63. The SMILES string of the molecule is C=C1CCC[C@]2(C)C([C@H](C)CCCC(C)C)CC[C@@H]12. The first-order chi connectivity index (χ1) is 8.95. The summed E-state index contributed by atoms with van der Waals surface area (Å²) in [5, 5.41) is 0. The Labute approximate surface area is 121 Å². The Hall–Kier alpha value is -0.260. The third-order valence-electron chi connectivity index (χ3n) is 6.24. The van der Waals surface area contributed by atoms with E-state index in [1.807, 2.05) is 0 Å². The molecule has 1 unspecified atom stereocenters. The van der Waals surface area contributed by atoms with E-state index in [0.717, 1.165) is 23.7 Å². The van der Waals surface area contributed by atoms with Crippen molar-refractivity contribution in [1.29, 1.82) is 0 Å². The lowest BCUT2D eigenvalue weighted by molar-refractivity contribution is 0.0932. The van der Waals surface area contributed by atoms with Gasteiger partial charge in [0.25, 0.3) is 0 Å². The van der Waals surface area contributed by atoms with Crippen LogP contribution in [-0.2, 0) is 0 Å². The predicted octanol–water partition coefficient (Wildman–Crippen LogP) is 6.22. The number of fused-ring (bicyclic) bond motifs is 1. The van der Waals surface area contributed by atoms with Gasteiger partial charge in [-0.3, -0.25) is 0 Å². The van der Waals surface area contributed by atoms with Crippen LogP contribution >= 0.6 is 0 Å². The lowest BCUT2D eigenvalue weighted by atomic mass is 9.61. The minimum atomic E-state index is 0.590. The van der Waals surface area contributed by atoms with E-state index < -0.39 is 0 Å². The van der Waals surface area contributed by atoms with Gasteiger partial charge >= 0.3 is 0 Å². The molecule has 0 aromatic rings. The van der Waals surface area contributed by atoms with Crippen molar-refractivity contribution < 1.29 is 0 Å². The lowest BCUT2D eigenvalue weighted by Crippen LogP contribution is -2.35. The molecule has 2 aliphatic rings. The van der Waals surface area contributed by atoms with Crippen molar-refractivity contribution in [3.63, 3.8) is 0 Å². The summed E-state index contributed by atoms with van der Waals surface area (Å²) in [5.74, 6) is 3.59. The van der Waals surface area contributed by atoms with Gasteiger partial charge in [-0.25, -0.2) is 0 Å².